The molecule has 0 saturated heterocycles. The summed E-state index contributed by atoms with van der Waals surface area (Å²) in [7, 11) is 0. The predicted molar refractivity (Wildman–Crippen MR) is 132 cm³/mol. The molecule has 2 aromatic heterocycles. The second-order valence-electron chi connectivity index (χ2n) is 8.34. The number of carbonyl (C=O) groups excluding carboxylic acids is 1. The van der Waals surface area contributed by atoms with E-state index in [1.807, 2.05) is 54.6 Å². The van der Waals surface area contributed by atoms with Crippen LogP contribution in [0.4, 0.5) is 0 Å². The van der Waals surface area contributed by atoms with Crippen LogP contribution in [0.3, 0.4) is 0 Å². The zero-order chi connectivity index (χ0) is 23.5. The lowest BCUT2D eigenvalue weighted by Crippen LogP contribution is -2.30. The summed E-state index contributed by atoms with van der Waals surface area (Å²) in [5, 5.41) is 11.4. The minimum Gasteiger partial charge on any atom is -0.345 e. The van der Waals surface area contributed by atoms with Crippen molar-refractivity contribution in [3.05, 3.63) is 112 Å². The lowest BCUT2D eigenvalue weighted by atomic mass is 9.98. The van der Waals surface area contributed by atoms with E-state index in [-0.39, 0.29) is 23.2 Å². The summed E-state index contributed by atoms with van der Waals surface area (Å²) >= 11 is 0. The molecule has 7 heteroatoms. The van der Waals surface area contributed by atoms with Crippen LogP contribution in [0.1, 0.15) is 46.7 Å². The number of hydrogen-bond acceptors (Lipinski definition) is 4. The summed E-state index contributed by atoms with van der Waals surface area (Å²) in [6.45, 7) is 2.05. The smallest absolute Gasteiger partial charge is 0.294 e. The fraction of sp³-hybridized carbons (Fsp3) is 0.185. The number of carbonyl (C=O) groups is 1. The molecule has 3 aromatic carbocycles. The molecule has 170 valence electrons. The first-order valence-corrected chi connectivity index (χ1v) is 11.4. The third kappa shape index (κ3) is 4.20. The van der Waals surface area contributed by atoms with Crippen molar-refractivity contribution >= 4 is 22.6 Å². The van der Waals surface area contributed by atoms with Crippen LogP contribution in [0, 0.1) is 0 Å². The van der Waals surface area contributed by atoms with Gasteiger partial charge in [-0.2, -0.15) is 0 Å². The van der Waals surface area contributed by atoms with Crippen LogP contribution in [-0.2, 0) is 12.8 Å². The Hall–Kier alpha value is -4.26. The Balaban J connectivity index is 1.49. The van der Waals surface area contributed by atoms with Gasteiger partial charge in [-0.15, -0.1) is 10.2 Å². The Kier molecular flexibility index (Phi) is 5.91. The highest BCUT2D eigenvalue weighted by Gasteiger charge is 2.18. The van der Waals surface area contributed by atoms with E-state index in [0.717, 1.165) is 28.9 Å². The number of aromatic amines is 1. The highest BCUT2D eigenvalue weighted by Crippen LogP contribution is 2.21. The topological polar surface area (TPSA) is 92.2 Å². The van der Waals surface area contributed by atoms with Gasteiger partial charge in [0.25, 0.3) is 11.5 Å². The third-order valence-electron chi connectivity index (χ3n) is 5.94. The standard InChI is InChI=1S/C27H25N5O2/c1-2-9-24-30-31-25-27(34)29-22-17-20(14-15-23(22)32(24)25)26(33)28-21(19-12-7-4-8-13-19)16-18-10-5-3-6-11-18/h3-8,10-15,17,21H,2,9,16H2,1H3,(H,28,33)(H,29,34). The zero-order valence-electron chi connectivity index (χ0n) is 18.9. The van der Waals surface area contributed by atoms with Crippen molar-refractivity contribution in [3.8, 4) is 0 Å². The van der Waals surface area contributed by atoms with Crippen LogP contribution in [0.25, 0.3) is 16.7 Å². The summed E-state index contributed by atoms with van der Waals surface area (Å²) in [5.41, 5.74) is 3.92. The normalized spacial score (nSPS) is 12.1. The minimum absolute atomic E-state index is 0.192. The second kappa shape index (κ2) is 9.31. The van der Waals surface area contributed by atoms with Crippen LogP contribution >= 0.6 is 0 Å². The Bertz CT molecular complexity index is 1510. The number of hydrogen-bond donors (Lipinski definition) is 2. The number of nitrogens with one attached hydrogen (secondary N) is 2. The number of amides is 1. The summed E-state index contributed by atoms with van der Waals surface area (Å²) in [4.78, 5) is 28.7. The Morgan fingerprint density at radius 2 is 1.74 bits per heavy atom. The molecule has 5 aromatic rings. The molecule has 5 rings (SSSR count). The van der Waals surface area contributed by atoms with Crippen molar-refractivity contribution in [2.24, 2.45) is 0 Å². The molecule has 1 unspecified atom stereocenters. The van der Waals surface area contributed by atoms with Gasteiger partial charge < -0.3 is 10.3 Å². The lowest BCUT2D eigenvalue weighted by Gasteiger charge is -2.20. The van der Waals surface area contributed by atoms with Gasteiger partial charge in [0, 0.05) is 12.0 Å². The summed E-state index contributed by atoms with van der Waals surface area (Å²) < 4.78 is 1.78. The fourth-order valence-corrected chi connectivity index (χ4v) is 4.28. The molecule has 0 radical (unpaired) electrons. The molecule has 0 bridgehead atoms. The van der Waals surface area contributed by atoms with E-state index in [0.29, 0.717) is 23.9 Å². The van der Waals surface area contributed by atoms with Crippen molar-refractivity contribution in [1.29, 1.82) is 0 Å². The average Bonchev–Trinajstić information content (AvgIpc) is 3.29. The molecule has 1 atom stereocenters. The number of aromatic nitrogens is 4. The van der Waals surface area contributed by atoms with Gasteiger partial charge in [0.2, 0.25) is 5.65 Å². The van der Waals surface area contributed by atoms with E-state index < -0.39 is 0 Å². The molecule has 7 nitrogen and oxygen atoms in total. The first-order valence-electron chi connectivity index (χ1n) is 11.4. The molecule has 0 fully saturated rings. The number of nitrogens with zero attached hydrogens (tertiary/aromatic N) is 3. The van der Waals surface area contributed by atoms with Crippen molar-refractivity contribution in [1.82, 2.24) is 24.9 Å². The van der Waals surface area contributed by atoms with Crippen molar-refractivity contribution in [3.63, 3.8) is 0 Å². The Morgan fingerprint density at radius 3 is 2.47 bits per heavy atom. The molecule has 0 aliphatic carbocycles. The third-order valence-corrected chi connectivity index (χ3v) is 5.94. The van der Waals surface area contributed by atoms with E-state index in [1.54, 1.807) is 16.5 Å². The average molecular weight is 452 g/mol. The highest BCUT2D eigenvalue weighted by atomic mass is 16.1. The fourth-order valence-electron chi connectivity index (χ4n) is 4.28. The van der Waals surface area contributed by atoms with Crippen LogP contribution in [0.5, 0.6) is 0 Å². The maximum Gasteiger partial charge on any atom is 0.294 e. The summed E-state index contributed by atoms with van der Waals surface area (Å²) in [6.07, 6.45) is 2.26. The van der Waals surface area contributed by atoms with E-state index in [4.69, 9.17) is 0 Å². The van der Waals surface area contributed by atoms with Gasteiger partial charge in [-0.3, -0.25) is 14.0 Å². The van der Waals surface area contributed by atoms with Crippen LogP contribution in [0.2, 0.25) is 0 Å². The Labute approximate surface area is 196 Å². The van der Waals surface area contributed by atoms with E-state index in [2.05, 4.69) is 39.6 Å². The first kappa shape index (κ1) is 21.6. The van der Waals surface area contributed by atoms with E-state index >= 15 is 0 Å². The SMILES string of the molecule is CCCc1nnc2c(=O)[nH]c3cc(C(=O)NC(Cc4ccccc4)c4ccccc4)ccc3n12. The summed E-state index contributed by atoms with van der Waals surface area (Å²) in [6, 6.07) is 25.2. The molecule has 0 saturated carbocycles. The van der Waals surface area contributed by atoms with Crippen LogP contribution in [-0.4, -0.2) is 25.5 Å². The number of H-pyrrole nitrogens is 1. The number of aryl methyl sites for hydroxylation is 1. The van der Waals surface area contributed by atoms with Gasteiger partial charge >= 0.3 is 0 Å². The lowest BCUT2D eigenvalue weighted by molar-refractivity contribution is 0.0936. The van der Waals surface area contributed by atoms with Crippen molar-refractivity contribution < 1.29 is 4.79 Å². The number of benzene rings is 3. The van der Waals surface area contributed by atoms with E-state index in [1.165, 1.54) is 0 Å². The van der Waals surface area contributed by atoms with Gasteiger partial charge in [-0.25, -0.2) is 0 Å². The molecule has 0 aliphatic rings. The second-order valence-corrected chi connectivity index (χ2v) is 8.34. The van der Waals surface area contributed by atoms with Crippen molar-refractivity contribution in [2.75, 3.05) is 0 Å². The maximum absolute atomic E-state index is 13.3. The van der Waals surface area contributed by atoms with Crippen LogP contribution in [0.15, 0.2) is 83.7 Å². The molecule has 0 aliphatic heterocycles. The van der Waals surface area contributed by atoms with Crippen LogP contribution < -0.4 is 10.9 Å². The van der Waals surface area contributed by atoms with Gasteiger partial charge in [-0.05, 0) is 42.2 Å². The molecular weight excluding hydrogens is 426 g/mol. The van der Waals surface area contributed by atoms with Gasteiger partial charge in [-0.1, -0.05) is 67.6 Å². The summed E-state index contributed by atoms with van der Waals surface area (Å²) in [5.74, 6) is 0.531. The van der Waals surface area contributed by atoms with Crippen molar-refractivity contribution in [2.45, 2.75) is 32.2 Å². The highest BCUT2D eigenvalue weighted by molar-refractivity contribution is 5.97. The molecular formula is C27H25N5O2. The zero-order valence-corrected chi connectivity index (χ0v) is 18.9. The molecule has 2 N–H and O–H groups in total. The van der Waals surface area contributed by atoms with Gasteiger partial charge in [0.1, 0.15) is 5.82 Å². The molecule has 2 heterocycles. The number of fused-ring (bicyclic) bond motifs is 3. The van der Waals surface area contributed by atoms with E-state index in [9.17, 15) is 9.59 Å². The molecule has 0 spiro atoms. The minimum atomic E-state index is -0.328. The predicted octanol–water partition coefficient (Wildman–Crippen LogP) is 4.24. The number of rotatable bonds is 7. The van der Waals surface area contributed by atoms with Gasteiger partial charge in [0.05, 0.1) is 17.1 Å². The van der Waals surface area contributed by atoms with Gasteiger partial charge in [0.15, 0.2) is 0 Å². The first-order chi connectivity index (χ1) is 16.6. The molecule has 34 heavy (non-hydrogen) atoms. The molecule has 1 amide bonds. The largest absolute Gasteiger partial charge is 0.345 e. The Morgan fingerprint density at radius 1 is 1.00 bits per heavy atom. The quantitative estimate of drug-likeness (QED) is 0.387. The monoisotopic (exact) mass is 451 g/mol. The maximum atomic E-state index is 13.3.